The van der Waals surface area contributed by atoms with Crippen LogP contribution in [-0.2, 0) is 22.3 Å². The van der Waals surface area contributed by atoms with Crippen LogP contribution in [0.4, 0.5) is 30.4 Å². The molecule has 1 aromatic heterocycles. The van der Waals surface area contributed by atoms with E-state index in [0.29, 0.717) is 24.6 Å². The molecule has 0 atom stereocenters. The van der Waals surface area contributed by atoms with Gasteiger partial charge in [0.25, 0.3) is 0 Å². The third-order valence-corrected chi connectivity index (χ3v) is 7.32. The molecular weight excluding hydrogens is 533 g/mol. The van der Waals surface area contributed by atoms with E-state index in [1.165, 1.54) is 12.1 Å². The molecule has 0 unspecified atom stereocenters. The molecule has 1 saturated carbocycles. The largest absolute Gasteiger partial charge is 0.416 e. The van der Waals surface area contributed by atoms with Crippen LogP contribution in [0, 0.1) is 5.92 Å². The molecular formula is C30H33F3N6O2. The lowest BCUT2D eigenvalue weighted by molar-refractivity contribution is -0.138. The molecule has 8 nitrogen and oxygen atoms in total. The maximum Gasteiger partial charge on any atom is 0.416 e. The second kappa shape index (κ2) is 12.3. The van der Waals surface area contributed by atoms with Gasteiger partial charge in [0.1, 0.15) is 5.82 Å². The van der Waals surface area contributed by atoms with Gasteiger partial charge in [0.05, 0.1) is 12.1 Å². The van der Waals surface area contributed by atoms with Crippen molar-refractivity contribution in [3.05, 3.63) is 71.9 Å². The predicted molar refractivity (Wildman–Crippen MR) is 152 cm³/mol. The Bertz CT molecular complexity index is 1370. The SMILES string of the molecule is CN1CCN(Cc2ccc(NC(=O)CNc3ccc(-c4ccc(NC(=O)C5CC5)nc4)cc3)cc2C(F)(F)F)CC1. The molecule has 2 aromatic carbocycles. The molecule has 41 heavy (non-hydrogen) atoms. The van der Waals surface area contributed by atoms with E-state index in [1.54, 1.807) is 24.4 Å². The first-order chi connectivity index (χ1) is 19.6. The third-order valence-electron chi connectivity index (χ3n) is 7.32. The Kier molecular flexibility index (Phi) is 8.55. The fraction of sp³-hybridized carbons (Fsp3) is 0.367. The van der Waals surface area contributed by atoms with Crippen LogP contribution in [-0.4, -0.2) is 66.4 Å². The molecule has 2 heterocycles. The lowest BCUT2D eigenvalue weighted by Crippen LogP contribution is -2.44. The average Bonchev–Trinajstić information content (AvgIpc) is 3.80. The van der Waals surface area contributed by atoms with Gasteiger partial charge in [-0.15, -0.1) is 0 Å². The molecule has 0 bridgehead atoms. The summed E-state index contributed by atoms with van der Waals surface area (Å²) in [6.45, 7) is 3.16. The second-order valence-electron chi connectivity index (χ2n) is 10.6. The van der Waals surface area contributed by atoms with Crippen molar-refractivity contribution < 1.29 is 22.8 Å². The van der Waals surface area contributed by atoms with Crippen molar-refractivity contribution >= 4 is 29.0 Å². The van der Waals surface area contributed by atoms with Crippen LogP contribution < -0.4 is 16.0 Å². The number of aromatic nitrogens is 1. The molecule has 11 heteroatoms. The molecule has 1 aliphatic heterocycles. The number of carbonyl (C=O) groups is 2. The van der Waals surface area contributed by atoms with Gasteiger partial charge in [-0.3, -0.25) is 14.5 Å². The Balaban J connectivity index is 1.14. The van der Waals surface area contributed by atoms with E-state index >= 15 is 0 Å². The highest BCUT2D eigenvalue weighted by Gasteiger charge is 2.34. The van der Waals surface area contributed by atoms with Crippen molar-refractivity contribution in [2.75, 3.05) is 55.7 Å². The molecule has 3 aromatic rings. The number of alkyl halides is 3. The minimum atomic E-state index is -4.52. The Morgan fingerprint density at radius 3 is 2.22 bits per heavy atom. The van der Waals surface area contributed by atoms with Gasteiger partial charge < -0.3 is 20.9 Å². The standard InChI is InChI=1S/C30H33F3N6O2/c1-38-12-14-39(15-13-38)19-23-6-10-25(16-26(23)30(31,32)33)36-28(40)18-34-24-8-4-20(5-9-24)22-7-11-27(35-17-22)37-29(41)21-2-3-21/h4-11,16-17,21,34H,2-3,12-15,18-19H2,1H3,(H,36,40)(H,35,37,41). The fourth-order valence-electron chi connectivity index (χ4n) is 4.68. The second-order valence-corrected chi connectivity index (χ2v) is 10.6. The molecule has 216 valence electrons. The summed E-state index contributed by atoms with van der Waals surface area (Å²) in [7, 11) is 2.00. The summed E-state index contributed by atoms with van der Waals surface area (Å²) >= 11 is 0. The lowest BCUT2D eigenvalue weighted by Gasteiger charge is -2.33. The molecule has 2 aliphatic rings. The highest BCUT2D eigenvalue weighted by Crippen LogP contribution is 2.35. The molecule has 3 N–H and O–H groups in total. The van der Waals surface area contributed by atoms with Crippen LogP contribution in [0.25, 0.3) is 11.1 Å². The van der Waals surface area contributed by atoms with Crippen molar-refractivity contribution in [2.24, 2.45) is 5.92 Å². The molecule has 2 amide bonds. The van der Waals surface area contributed by atoms with Gasteiger partial charge in [0.15, 0.2) is 0 Å². The van der Waals surface area contributed by atoms with Crippen LogP contribution in [0.2, 0.25) is 0 Å². The molecule has 0 radical (unpaired) electrons. The third kappa shape index (κ3) is 7.83. The first kappa shape index (κ1) is 28.6. The number of nitrogens with zero attached hydrogens (tertiary/aromatic N) is 3. The summed E-state index contributed by atoms with van der Waals surface area (Å²) in [4.78, 5) is 32.9. The van der Waals surface area contributed by atoms with Crippen molar-refractivity contribution in [1.29, 1.82) is 0 Å². The summed E-state index contributed by atoms with van der Waals surface area (Å²) in [5.74, 6) is 0.168. The van der Waals surface area contributed by atoms with E-state index in [9.17, 15) is 22.8 Å². The predicted octanol–water partition coefficient (Wildman–Crippen LogP) is 4.91. The zero-order chi connectivity index (χ0) is 29.0. The van der Waals surface area contributed by atoms with E-state index in [4.69, 9.17) is 0 Å². The number of hydrogen-bond donors (Lipinski definition) is 3. The Morgan fingerprint density at radius 1 is 0.902 bits per heavy atom. The maximum absolute atomic E-state index is 13.8. The summed E-state index contributed by atoms with van der Waals surface area (Å²) in [5, 5.41) is 8.37. The number of hydrogen-bond acceptors (Lipinski definition) is 6. The first-order valence-electron chi connectivity index (χ1n) is 13.7. The van der Waals surface area contributed by atoms with Crippen LogP contribution in [0.1, 0.15) is 24.0 Å². The topological polar surface area (TPSA) is 89.6 Å². The van der Waals surface area contributed by atoms with Crippen LogP contribution in [0.3, 0.4) is 0 Å². The van der Waals surface area contributed by atoms with E-state index in [2.05, 4.69) is 25.8 Å². The molecule has 1 saturated heterocycles. The zero-order valence-corrected chi connectivity index (χ0v) is 22.8. The Hall–Kier alpha value is -3.96. The minimum Gasteiger partial charge on any atom is -0.376 e. The molecule has 2 fully saturated rings. The zero-order valence-electron chi connectivity index (χ0n) is 22.8. The van der Waals surface area contributed by atoms with Crippen molar-refractivity contribution in [2.45, 2.75) is 25.6 Å². The number of halogens is 3. The Morgan fingerprint density at radius 2 is 1.59 bits per heavy atom. The van der Waals surface area contributed by atoms with Crippen LogP contribution in [0.15, 0.2) is 60.8 Å². The number of anilines is 3. The van der Waals surface area contributed by atoms with Gasteiger partial charge in [-0.2, -0.15) is 13.2 Å². The number of rotatable bonds is 9. The number of likely N-dealkylation sites (N-methyl/N-ethyl adjacent to an activating group) is 1. The molecule has 1 aliphatic carbocycles. The van der Waals surface area contributed by atoms with Crippen molar-refractivity contribution in [1.82, 2.24) is 14.8 Å². The highest BCUT2D eigenvalue weighted by molar-refractivity contribution is 5.94. The highest BCUT2D eigenvalue weighted by atomic mass is 19.4. The monoisotopic (exact) mass is 566 g/mol. The Labute approximate surface area is 236 Å². The summed E-state index contributed by atoms with van der Waals surface area (Å²) in [6, 6.07) is 15.0. The smallest absolute Gasteiger partial charge is 0.376 e. The average molecular weight is 567 g/mol. The summed E-state index contributed by atoms with van der Waals surface area (Å²) in [6.07, 6.45) is -0.988. The quantitative estimate of drug-likeness (QED) is 0.341. The number of nitrogens with one attached hydrogen (secondary N) is 3. The molecule has 5 rings (SSSR count). The summed E-state index contributed by atoms with van der Waals surface area (Å²) in [5.41, 5.74) is 2.03. The van der Waals surface area contributed by atoms with Gasteiger partial charge in [0, 0.05) is 61.8 Å². The van der Waals surface area contributed by atoms with E-state index in [-0.39, 0.29) is 36.2 Å². The number of piperazine rings is 1. The van der Waals surface area contributed by atoms with Gasteiger partial charge in [-0.1, -0.05) is 18.2 Å². The number of benzene rings is 2. The van der Waals surface area contributed by atoms with Crippen molar-refractivity contribution in [3.63, 3.8) is 0 Å². The van der Waals surface area contributed by atoms with Gasteiger partial charge in [0.2, 0.25) is 11.8 Å². The number of amides is 2. The lowest BCUT2D eigenvalue weighted by atomic mass is 10.0. The van der Waals surface area contributed by atoms with E-state index in [0.717, 1.165) is 43.1 Å². The molecule has 0 spiro atoms. The van der Waals surface area contributed by atoms with Gasteiger partial charge in [-0.25, -0.2) is 4.98 Å². The van der Waals surface area contributed by atoms with E-state index < -0.39 is 17.6 Å². The minimum absolute atomic E-state index is 0.00346. The number of carbonyl (C=O) groups excluding carboxylic acids is 2. The van der Waals surface area contributed by atoms with Crippen molar-refractivity contribution in [3.8, 4) is 11.1 Å². The van der Waals surface area contributed by atoms with Gasteiger partial charge in [-0.05, 0) is 67.4 Å². The summed E-state index contributed by atoms with van der Waals surface area (Å²) < 4.78 is 41.5. The van der Waals surface area contributed by atoms with E-state index in [1.807, 2.05) is 30.1 Å². The fourth-order valence-corrected chi connectivity index (χ4v) is 4.68. The van der Waals surface area contributed by atoms with Gasteiger partial charge >= 0.3 is 6.18 Å². The maximum atomic E-state index is 13.8. The number of pyridine rings is 1. The van der Waals surface area contributed by atoms with Crippen LogP contribution in [0.5, 0.6) is 0 Å². The first-order valence-corrected chi connectivity index (χ1v) is 13.7. The normalized spacial score (nSPS) is 16.3. The van der Waals surface area contributed by atoms with Crippen LogP contribution >= 0.6 is 0 Å².